The lowest BCUT2D eigenvalue weighted by molar-refractivity contribution is 0.0749. The van der Waals surface area contributed by atoms with E-state index in [0.717, 1.165) is 60.6 Å². The minimum absolute atomic E-state index is 0.140. The molecule has 3 aliphatic carbocycles. The van der Waals surface area contributed by atoms with Gasteiger partial charge in [0.1, 0.15) is 11.5 Å². The number of nitrogens with one attached hydrogen (secondary N) is 2. The third kappa shape index (κ3) is 7.05. The van der Waals surface area contributed by atoms with Crippen molar-refractivity contribution in [1.82, 2.24) is 10.2 Å². The summed E-state index contributed by atoms with van der Waals surface area (Å²) in [6, 6.07) is 44.8. The van der Waals surface area contributed by atoms with Crippen LogP contribution in [-0.4, -0.2) is 24.0 Å². The molecule has 5 unspecified atom stereocenters. The van der Waals surface area contributed by atoms with E-state index < -0.39 is 0 Å². The van der Waals surface area contributed by atoms with Crippen LogP contribution in [0.25, 0.3) is 27.8 Å². The molecule has 1 saturated heterocycles. The number of likely N-dealkylation sites (N-methyl/N-ethyl adjacent to an activating group) is 1. The standard InChI is InChI=1S/C53H49N3O/c1-56-50(40-18-9-4-10-19-40)35-49(39-16-7-3-8-17-39)55-53(56)41-26-24-36(25-27-41)42-30-33-48(47(34-42)37-14-5-2-6-15-37)54-43-31-28-38(29-32-43)44-21-13-22-46-45-20-11-12-23-51(45)57-52(44)46/h2-9,11-16,18,20-21,23-34,39,46,49-50,53-55H,10,17,19,22,35H2,1H3. The summed E-state index contributed by atoms with van der Waals surface area (Å²) in [7, 11) is 2.30. The van der Waals surface area contributed by atoms with Crippen LogP contribution >= 0.6 is 0 Å². The first-order chi connectivity index (χ1) is 28.2. The molecule has 2 N–H and O–H groups in total. The second-order valence-electron chi connectivity index (χ2n) is 16.1. The summed E-state index contributed by atoms with van der Waals surface area (Å²) in [6.07, 6.45) is 26.2. The average molecular weight is 744 g/mol. The number of allylic oxidation sites excluding steroid dienone is 10. The Morgan fingerprint density at radius 2 is 1.53 bits per heavy atom. The van der Waals surface area contributed by atoms with Crippen molar-refractivity contribution in [3.8, 4) is 28.0 Å². The molecule has 2 aliphatic heterocycles. The van der Waals surface area contributed by atoms with E-state index in [4.69, 9.17) is 4.74 Å². The summed E-state index contributed by atoms with van der Waals surface area (Å²) in [4.78, 5) is 2.57. The van der Waals surface area contributed by atoms with Crippen LogP contribution in [0.1, 0.15) is 60.9 Å². The lowest BCUT2D eigenvalue weighted by atomic mass is 9.82. The van der Waals surface area contributed by atoms with E-state index in [1.165, 1.54) is 38.9 Å². The second kappa shape index (κ2) is 15.5. The van der Waals surface area contributed by atoms with Crippen molar-refractivity contribution in [1.29, 1.82) is 0 Å². The molecule has 57 heavy (non-hydrogen) atoms. The third-order valence-electron chi connectivity index (χ3n) is 12.6. The van der Waals surface area contributed by atoms with Crippen LogP contribution in [0.4, 0.5) is 11.4 Å². The number of ether oxygens (including phenoxy) is 1. The zero-order valence-electron chi connectivity index (χ0n) is 32.5. The van der Waals surface area contributed by atoms with E-state index in [2.05, 4.69) is 199 Å². The van der Waals surface area contributed by atoms with Crippen molar-refractivity contribution in [3.05, 3.63) is 204 Å². The summed E-state index contributed by atoms with van der Waals surface area (Å²) in [5.41, 5.74) is 13.4. The molecule has 0 amide bonds. The highest BCUT2D eigenvalue weighted by Gasteiger charge is 2.38. The Labute approximate surface area is 337 Å². The molecule has 0 radical (unpaired) electrons. The number of anilines is 2. The van der Waals surface area contributed by atoms with Gasteiger partial charge in [0.2, 0.25) is 0 Å². The summed E-state index contributed by atoms with van der Waals surface area (Å²) in [5.74, 6) is 2.84. The van der Waals surface area contributed by atoms with Crippen molar-refractivity contribution in [2.24, 2.45) is 5.92 Å². The van der Waals surface area contributed by atoms with Gasteiger partial charge in [-0.25, -0.2) is 0 Å². The molecule has 2 heterocycles. The quantitative estimate of drug-likeness (QED) is 0.166. The Morgan fingerprint density at radius 3 is 2.33 bits per heavy atom. The topological polar surface area (TPSA) is 36.5 Å². The molecule has 4 nitrogen and oxygen atoms in total. The molecule has 5 aliphatic rings. The lowest BCUT2D eigenvalue weighted by Gasteiger charge is -2.47. The van der Waals surface area contributed by atoms with Gasteiger partial charge in [-0.3, -0.25) is 10.2 Å². The molecule has 4 heteroatoms. The molecule has 0 spiro atoms. The van der Waals surface area contributed by atoms with Crippen LogP contribution in [0.15, 0.2) is 187 Å². The van der Waals surface area contributed by atoms with Gasteiger partial charge < -0.3 is 10.1 Å². The fourth-order valence-corrected chi connectivity index (χ4v) is 9.56. The van der Waals surface area contributed by atoms with Gasteiger partial charge in [0, 0.05) is 46.1 Å². The first-order valence-electron chi connectivity index (χ1n) is 20.7. The SMILES string of the molecule is CN1C(C2=CC=CCC2)CC(C2C=CC=CC2)NC1c1ccc(-c2ccc(Nc3ccc(C4=C5Oc6ccccc6C5CC=C4)cc3)c(-c3ccccc3)c2)cc1. The molecule has 1 fully saturated rings. The lowest BCUT2D eigenvalue weighted by Crippen LogP contribution is -2.56. The smallest absolute Gasteiger partial charge is 0.130 e. The van der Waals surface area contributed by atoms with E-state index in [9.17, 15) is 0 Å². The van der Waals surface area contributed by atoms with Gasteiger partial charge in [0.05, 0.1) is 6.17 Å². The largest absolute Gasteiger partial charge is 0.460 e. The van der Waals surface area contributed by atoms with Gasteiger partial charge in [-0.1, -0.05) is 151 Å². The Balaban J connectivity index is 0.911. The maximum absolute atomic E-state index is 6.41. The first kappa shape index (κ1) is 35.5. The van der Waals surface area contributed by atoms with Crippen molar-refractivity contribution in [2.75, 3.05) is 12.4 Å². The first-order valence-corrected chi connectivity index (χ1v) is 20.7. The average Bonchev–Trinajstić information content (AvgIpc) is 3.67. The van der Waals surface area contributed by atoms with E-state index in [0.29, 0.717) is 18.0 Å². The van der Waals surface area contributed by atoms with Crippen LogP contribution in [0, 0.1) is 5.92 Å². The number of rotatable bonds is 8. The molecule has 5 aromatic carbocycles. The summed E-state index contributed by atoms with van der Waals surface area (Å²) in [6.45, 7) is 0. The molecule has 10 rings (SSSR count). The summed E-state index contributed by atoms with van der Waals surface area (Å²) < 4.78 is 6.41. The van der Waals surface area contributed by atoms with E-state index >= 15 is 0 Å². The predicted octanol–water partition coefficient (Wildman–Crippen LogP) is 12.7. The van der Waals surface area contributed by atoms with Crippen LogP contribution in [0.2, 0.25) is 0 Å². The van der Waals surface area contributed by atoms with Crippen LogP contribution in [0.5, 0.6) is 5.75 Å². The Morgan fingerprint density at radius 1 is 0.719 bits per heavy atom. The number of nitrogens with zero attached hydrogens (tertiary/aromatic N) is 1. The normalized spacial score (nSPS) is 23.8. The highest BCUT2D eigenvalue weighted by molar-refractivity contribution is 5.86. The van der Waals surface area contributed by atoms with Crippen molar-refractivity contribution >= 4 is 16.9 Å². The molecular weight excluding hydrogens is 695 g/mol. The highest BCUT2D eigenvalue weighted by Crippen LogP contribution is 2.48. The fourth-order valence-electron chi connectivity index (χ4n) is 9.56. The predicted molar refractivity (Wildman–Crippen MR) is 236 cm³/mol. The van der Waals surface area contributed by atoms with E-state index in [-0.39, 0.29) is 12.1 Å². The fraction of sp³-hybridized carbons (Fsp3) is 0.208. The number of hydrogen-bond acceptors (Lipinski definition) is 4. The number of para-hydroxylation sites is 1. The summed E-state index contributed by atoms with van der Waals surface area (Å²) in [5, 5.41) is 7.85. The van der Waals surface area contributed by atoms with Crippen LogP contribution in [-0.2, 0) is 0 Å². The van der Waals surface area contributed by atoms with Crippen molar-refractivity contribution < 1.29 is 4.74 Å². The van der Waals surface area contributed by atoms with Crippen LogP contribution in [0.3, 0.4) is 0 Å². The molecular formula is C53H49N3O. The number of benzene rings is 5. The van der Waals surface area contributed by atoms with Gasteiger partial charge in [-0.2, -0.15) is 0 Å². The monoisotopic (exact) mass is 743 g/mol. The van der Waals surface area contributed by atoms with Gasteiger partial charge >= 0.3 is 0 Å². The third-order valence-corrected chi connectivity index (χ3v) is 12.6. The zero-order chi connectivity index (χ0) is 38.1. The minimum atomic E-state index is 0.140. The van der Waals surface area contributed by atoms with E-state index in [1.54, 1.807) is 5.57 Å². The number of hydrogen-bond donors (Lipinski definition) is 2. The molecule has 5 atom stereocenters. The van der Waals surface area contributed by atoms with Crippen molar-refractivity contribution in [3.63, 3.8) is 0 Å². The minimum Gasteiger partial charge on any atom is -0.460 e. The van der Waals surface area contributed by atoms with Crippen molar-refractivity contribution in [2.45, 2.75) is 56.3 Å². The molecule has 0 saturated carbocycles. The van der Waals surface area contributed by atoms with Gasteiger partial charge in [-0.05, 0) is 103 Å². The van der Waals surface area contributed by atoms with E-state index in [1.807, 2.05) is 0 Å². The Hall–Kier alpha value is -5.94. The maximum Gasteiger partial charge on any atom is 0.130 e. The molecule has 5 aromatic rings. The Kier molecular flexibility index (Phi) is 9.67. The molecule has 282 valence electrons. The maximum atomic E-state index is 6.41. The molecule has 0 aromatic heterocycles. The highest BCUT2D eigenvalue weighted by atomic mass is 16.5. The molecule has 0 bridgehead atoms. The summed E-state index contributed by atoms with van der Waals surface area (Å²) >= 11 is 0. The van der Waals surface area contributed by atoms with Gasteiger partial charge in [-0.15, -0.1) is 0 Å². The zero-order valence-corrected chi connectivity index (χ0v) is 32.5. The van der Waals surface area contributed by atoms with Gasteiger partial charge in [0.25, 0.3) is 0 Å². The Bertz CT molecular complexity index is 2450. The second-order valence-corrected chi connectivity index (χ2v) is 16.1. The van der Waals surface area contributed by atoms with Gasteiger partial charge in [0.15, 0.2) is 0 Å². The number of fused-ring (bicyclic) bond motifs is 3. The van der Waals surface area contributed by atoms with Crippen LogP contribution < -0.4 is 15.4 Å².